The molecule has 0 aliphatic carbocycles. The van der Waals surface area contributed by atoms with Crippen molar-refractivity contribution in [3.8, 4) is 0 Å². The molecule has 4 radical (unpaired) electrons. The van der Waals surface area contributed by atoms with Gasteiger partial charge in [0.25, 0.3) is 0 Å². The van der Waals surface area contributed by atoms with Gasteiger partial charge >= 0.3 is 17.1 Å². The Balaban J connectivity index is 1.85. The van der Waals surface area contributed by atoms with Gasteiger partial charge in [-0.15, -0.1) is 0 Å². The maximum Gasteiger partial charge on any atom is 0.335 e. The first-order chi connectivity index (χ1) is 25.2. The highest BCUT2D eigenvalue weighted by Crippen LogP contribution is 2.24. The monoisotopic (exact) mass is 808 g/mol. The molecule has 0 spiro atoms. The third kappa shape index (κ3) is 21.6. The van der Waals surface area contributed by atoms with Crippen molar-refractivity contribution in [1.82, 2.24) is 9.80 Å². The molecule has 2 fully saturated rings. The van der Waals surface area contributed by atoms with Crippen molar-refractivity contribution in [2.75, 3.05) is 105 Å². The molecule has 0 aromatic heterocycles. The van der Waals surface area contributed by atoms with Crippen LogP contribution in [0.5, 0.6) is 0 Å². The molecule has 0 amide bonds. The zero-order valence-corrected chi connectivity index (χ0v) is 38.3. The highest BCUT2D eigenvalue weighted by Gasteiger charge is 2.38. The summed E-state index contributed by atoms with van der Waals surface area (Å²) < 4.78 is 61.4. The Morgan fingerprint density at radius 1 is 0.596 bits per heavy atom. The molecule has 0 bridgehead atoms. The lowest BCUT2D eigenvalue weighted by molar-refractivity contribution is -0.0830. The van der Waals surface area contributed by atoms with Gasteiger partial charge < -0.3 is 55.9 Å². The van der Waals surface area contributed by atoms with Crippen LogP contribution >= 0.6 is 0 Å². The van der Waals surface area contributed by atoms with Crippen molar-refractivity contribution in [3.05, 3.63) is 0 Å². The van der Waals surface area contributed by atoms with Crippen LogP contribution < -0.4 is 0 Å². The second-order valence-corrected chi connectivity index (χ2v) is 23.0. The number of rotatable bonds is 29. The molecule has 2 aliphatic heterocycles. The summed E-state index contributed by atoms with van der Waals surface area (Å²) in [6.45, 7) is 28.8. The summed E-state index contributed by atoms with van der Waals surface area (Å²) in [5, 5.41) is 0. The summed E-state index contributed by atoms with van der Waals surface area (Å²) in [5.41, 5.74) is 0. The zero-order chi connectivity index (χ0) is 37.9. The summed E-state index contributed by atoms with van der Waals surface area (Å²) >= 11 is 0. The zero-order valence-electron chi connectivity index (χ0n) is 34.3. The SMILES string of the molecule is CCOC(OCC)[Si]CCCN1CCC[Si](C)(OCC)OC(COCCOCC2CN(CCC[Si]C(OCC)OCC)CCC[Si](C)(OCC)O2)C1. The van der Waals surface area contributed by atoms with E-state index in [2.05, 4.69) is 36.7 Å². The van der Waals surface area contributed by atoms with E-state index >= 15 is 0 Å². The minimum absolute atomic E-state index is 0.0241. The van der Waals surface area contributed by atoms with Gasteiger partial charge in [0, 0.05) is 52.7 Å². The first-order valence-electron chi connectivity index (χ1n) is 20.4. The Kier molecular flexibility index (Phi) is 27.6. The minimum Gasteiger partial charge on any atom is -0.395 e. The van der Waals surface area contributed by atoms with Gasteiger partial charge in [-0.05, 0) is 119 Å². The third-order valence-electron chi connectivity index (χ3n) is 9.04. The maximum absolute atomic E-state index is 6.74. The fourth-order valence-electron chi connectivity index (χ4n) is 6.84. The van der Waals surface area contributed by atoms with E-state index in [-0.39, 0.29) is 24.0 Å². The van der Waals surface area contributed by atoms with Crippen LogP contribution in [0.1, 0.15) is 67.2 Å². The van der Waals surface area contributed by atoms with Gasteiger partial charge in [-0.2, -0.15) is 0 Å². The summed E-state index contributed by atoms with van der Waals surface area (Å²) in [6.07, 6.45) is 4.38. The predicted molar refractivity (Wildman–Crippen MR) is 214 cm³/mol. The molecule has 0 aromatic carbocycles. The molecule has 2 aliphatic rings. The lowest BCUT2D eigenvalue weighted by Gasteiger charge is -2.38. The van der Waals surface area contributed by atoms with Crippen LogP contribution in [0.15, 0.2) is 0 Å². The van der Waals surface area contributed by atoms with Crippen molar-refractivity contribution < 1.29 is 46.1 Å². The fourth-order valence-corrected chi connectivity index (χ4v) is 14.3. The Morgan fingerprint density at radius 2 is 0.981 bits per heavy atom. The standard InChI is InChI=1S/C36H76N2O10Si4/c1-9-41-35(42-10-2)49-25-15-19-37-21-17-27-51(7,45-13-5)47-33(29-37)31-39-23-24-40-32-34-30-38(22-18-28-52(8,48-34)46-14-6)20-16-26-50-36(43-11-3)44-12-4/h33-36H,9-32H2,1-8H3. The maximum atomic E-state index is 6.74. The normalized spacial score (nSPS) is 25.7. The van der Waals surface area contributed by atoms with Crippen LogP contribution in [-0.2, 0) is 46.1 Å². The van der Waals surface area contributed by atoms with E-state index in [0.717, 1.165) is 89.1 Å². The molecule has 2 saturated heterocycles. The number of hydrogen-bond acceptors (Lipinski definition) is 12. The van der Waals surface area contributed by atoms with Crippen LogP contribution in [0, 0.1) is 0 Å². The van der Waals surface area contributed by atoms with E-state index < -0.39 is 17.1 Å². The Morgan fingerprint density at radius 3 is 1.33 bits per heavy atom. The quantitative estimate of drug-likeness (QED) is 0.0568. The smallest absolute Gasteiger partial charge is 0.335 e. The average Bonchev–Trinajstić information content (AvgIpc) is 3.08. The molecule has 2 rings (SSSR count). The van der Waals surface area contributed by atoms with E-state index in [1.165, 1.54) is 0 Å². The van der Waals surface area contributed by atoms with E-state index in [1.54, 1.807) is 0 Å². The van der Waals surface area contributed by atoms with Crippen LogP contribution in [0.25, 0.3) is 0 Å². The van der Waals surface area contributed by atoms with Gasteiger partial charge in [0.15, 0.2) is 0 Å². The molecule has 4 unspecified atom stereocenters. The van der Waals surface area contributed by atoms with Gasteiger partial charge in [-0.1, -0.05) is 12.1 Å². The molecule has 2 heterocycles. The molecule has 306 valence electrons. The van der Waals surface area contributed by atoms with E-state index in [1.807, 2.05) is 27.7 Å². The lowest BCUT2D eigenvalue weighted by Crippen LogP contribution is -2.50. The average molecular weight is 809 g/mol. The Hall–Kier alpha value is 0.388. The largest absolute Gasteiger partial charge is 0.395 e. The first kappa shape index (κ1) is 48.5. The third-order valence-corrected chi connectivity index (χ3v) is 17.6. The van der Waals surface area contributed by atoms with Gasteiger partial charge in [-0.25, -0.2) is 0 Å². The van der Waals surface area contributed by atoms with Gasteiger partial charge in [0.2, 0.25) is 0 Å². The highest BCUT2D eigenvalue weighted by molar-refractivity contribution is 6.66. The molecule has 52 heavy (non-hydrogen) atoms. The molecule has 0 N–H and O–H groups in total. The first-order valence-corrected chi connectivity index (χ1v) is 28.0. The molecule has 16 heteroatoms. The summed E-state index contributed by atoms with van der Waals surface area (Å²) in [5.74, 6) is -0.145. The number of ether oxygens (including phenoxy) is 6. The number of nitrogens with zero attached hydrogens (tertiary/aromatic N) is 2. The second kappa shape index (κ2) is 29.6. The molecular weight excluding hydrogens is 733 g/mol. The minimum atomic E-state index is -2.25. The molecule has 12 nitrogen and oxygen atoms in total. The Labute approximate surface area is 325 Å². The lowest BCUT2D eigenvalue weighted by atomic mass is 10.3. The van der Waals surface area contributed by atoms with Gasteiger partial charge in [0.05, 0.1) is 38.6 Å². The van der Waals surface area contributed by atoms with Gasteiger partial charge in [-0.3, -0.25) is 0 Å². The van der Waals surface area contributed by atoms with Crippen molar-refractivity contribution in [2.24, 2.45) is 0 Å². The van der Waals surface area contributed by atoms with E-state index in [4.69, 9.17) is 46.1 Å². The predicted octanol–water partition coefficient (Wildman–Crippen LogP) is 5.16. The van der Waals surface area contributed by atoms with Gasteiger partial charge in [0.1, 0.15) is 30.9 Å². The van der Waals surface area contributed by atoms with Crippen molar-refractivity contribution in [2.45, 2.75) is 129 Å². The number of hydrogen-bond donors (Lipinski definition) is 0. The molecule has 4 atom stereocenters. The summed E-state index contributed by atoms with van der Waals surface area (Å²) in [4.78, 5) is 5.08. The topological polar surface area (TPSA) is 98.8 Å². The van der Waals surface area contributed by atoms with E-state index in [9.17, 15) is 0 Å². The van der Waals surface area contributed by atoms with Crippen LogP contribution in [0.3, 0.4) is 0 Å². The molecule has 0 saturated carbocycles. The van der Waals surface area contributed by atoms with Crippen LogP contribution in [0.2, 0.25) is 37.3 Å². The van der Waals surface area contributed by atoms with Crippen molar-refractivity contribution in [1.29, 1.82) is 0 Å². The summed E-state index contributed by atoms with van der Waals surface area (Å²) in [6, 6.07) is 4.20. The Bertz CT molecular complexity index is 787. The van der Waals surface area contributed by atoms with Crippen molar-refractivity contribution in [3.63, 3.8) is 0 Å². The fraction of sp³-hybridized carbons (Fsp3) is 1.00. The second-order valence-electron chi connectivity index (χ2n) is 13.7. The summed E-state index contributed by atoms with van der Waals surface area (Å²) in [7, 11) is -3.20. The van der Waals surface area contributed by atoms with Crippen LogP contribution in [-0.4, -0.2) is 175 Å². The molecule has 0 aromatic rings. The highest BCUT2D eigenvalue weighted by atomic mass is 28.4. The molecular formula is C36H76N2O10Si4. The van der Waals surface area contributed by atoms with Crippen LogP contribution in [0.4, 0.5) is 0 Å². The van der Waals surface area contributed by atoms with E-state index in [0.29, 0.717) is 85.1 Å². The van der Waals surface area contributed by atoms with Crippen molar-refractivity contribution >= 4 is 36.2 Å².